The molecule has 1 aromatic carbocycles. The Balaban J connectivity index is 1.90. The molecule has 0 bridgehead atoms. The van der Waals surface area contributed by atoms with Crippen LogP contribution < -0.4 is 5.32 Å². The molecule has 1 aromatic heterocycles. The van der Waals surface area contributed by atoms with E-state index in [0.717, 1.165) is 5.82 Å². The van der Waals surface area contributed by atoms with Gasteiger partial charge in [0.25, 0.3) is 5.69 Å². The Morgan fingerprint density at radius 2 is 2.32 bits per heavy atom. The van der Waals surface area contributed by atoms with Crippen molar-refractivity contribution in [3.05, 3.63) is 50.5 Å². The Morgan fingerprint density at radius 3 is 3.00 bits per heavy atom. The maximum Gasteiger partial charge on any atom is 0.275 e. The summed E-state index contributed by atoms with van der Waals surface area (Å²) in [5.74, 6) is 0.790. The summed E-state index contributed by atoms with van der Waals surface area (Å²) in [6.45, 7) is 1.11. The average Bonchev–Trinajstić information content (AvgIpc) is 2.89. The van der Waals surface area contributed by atoms with E-state index in [9.17, 15) is 10.1 Å². The maximum atomic E-state index is 10.9. The zero-order valence-electron chi connectivity index (χ0n) is 9.97. The Morgan fingerprint density at radius 1 is 1.47 bits per heavy atom. The number of hydrogen-bond donors (Lipinski definition) is 2. The summed E-state index contributed by atoms with van der Waals surface area (Å²) in [4.78, 5) is 14.5. The van der Waals surface area contributed by atoms with Crippen molar-refractivity contribution in [3.8, 4) is 0 Å². The first-order valence-corrected chi connectivity index (χ1v) is 6.44. The second-order valence-electron chi connectivity index (χ2n) is 3.89. The highest BCUT2D eigenvalue weighted by molar-refractivity contribution is 9.10. The van der Waals surface area contributed by atoms with Crippen LogP contribution in [0, 0.1) is 10.1 Å². The zero-order valence-corrected chi connectivity index (χ0v) is 11.6. The van der Waals surface area contributed by atoms with Crippen LogP contribution in [0.4, 0.5) is 5.69 Å². The molecule has 0 unspecified atom stereocenters. The number of aromatic amines is 1. The SMILES string of the molecule is O=[N+]([O-])c1cc(Br)ccc1CNCCc1ncn[nH]1. The lowest BCUT2D eigenvalue weighted by Crippen LogP contribution is -2.18. The predicted molar refractivity (Wildman–Crippen MR) is 72.6 cm³/mol. The zero-order chi connectivity index (χ0) is 13.7. The van der Waals surface area contributed by atoms with Crippen LogP contribution >= 0.6 is 15.9 Å². The lowest BCUT2D eigenvalue weighted by Gasteiger charge is -2.05. The third-order valence-corrected chi connectivity index (χ3v) is 3.06. The summed E-state index contributed by atoms with van der Waals surface area (Å²) < 4.78 is 0.699. The molecule has 0 radical (unpaired) electrons. The van der Waals surface area contributed by atoms with Crippen LogP contribution in [0.5, 0.6) is 0 Å². The molecule has 2 rings (SSSR count). The van der Waals surface area contributed by atoms with Gasteiger partial charge in [0.1, 0.15) is 12.2 Å². The number of nitro groups is 1. The summed E-state index contributed by atoms with van der Waals surface area (Å²) in [6.07, 6.45) is 2.15. The van der Waals surface area contributed by atoms with Gasteiger partial charge in [0.2, 0.25) is 0 Å². The van der Waals surface area contributed by atoms with Gasteiger partial charge in [-0.1, -0.05) is 15.9 Å². The van der Waals surface area contributed by atoms with Gasteiger partial charge >= 0.3 is 0 Å². The normalized spacial score (nSPS) is 10.6. The minimum atomic E-state index is -0.377. The van der Waals surface area contributed by atoms with Crippen LogP contribution in [0.25, 0.3) is 0 Å². The number of hydrogen-bond acceptors (Lipinski definition) is 5. The van der Waals surface area contributed by atoms with Gasteiger partial charge in [0, 0.05) is 35.6 Å². The van der Waals surface area contributed by atoms with Crippen molar-refractivity contribution in [2.24, 2.45) is 0 Å². The topological polar surface area (TPSA) is 96.7 Å². The fourth-order valence-electron chi connectivity index (χ4n) is 1.64. The molecule has 0 aliphatic rings. The van der Waals surface area contributed by atoms with E-state index < -0.39 is 0 Å². The fourth-order valence-corrected chi connectivity index (χ4v) is 1.99. The molecule has 1 heterocycles. The first kappa shape index (κ1) is 13.6. The molecule has 0 fully saturated rings. The first-order valence-electron chi connectivity index (χ1n) is 5.64. The molecule has 8 heteroatoms. The van der Waals surface area contributed by atoms with Gasteiger partial charge in [0.15, 0.2) is 0 Å². The van der Waals surface area contributed by atoms with Crippen LogP contribution in [0.1, 0.15) is 11.4 Å². The van der Waals surface area contributed by atoms with Crippen molar-refractivity contribution in [2.45, 2.75) is 13.0 Å². The number of nitro benzene ring substituents is 1. The number of H-pyrrole nitrogens is 1. The van der Waals surface area contributed by atoms with Gasteiger partial charge in [-0.2, -0.15) is 5.10 Å². The summed E-state index contributed by atoms with van der Waals surface area (Å²) in [7, 11) is 0. The van der Waals surface area contributed by atoms with Gasteiger partial charge in [-0.15, -0.1) is 0 Å². The van der Waals surface area contributed by atoms with Gasteiger partial charge in [-0.05, 0) is 12.1 Å². The van der Waals surface area contributed by atoms with Crippen molar-refractivity contribution < 1.29 is 4.92 Å². The minimum absolute atomic E-state index is 0.113. The number of rotatable bonds is 6. The van der Waals surface area contributed by atoms with Crippen LogP contribution in [0.2, 0.25) is 0 Å². The van der Waals surface area contributed by atoms with Crippen molar-refractivity contribution in [3.63, 3.8) is 0 Å². The van der Waals surface area contributed by atoms with E-state index in [2.05, 4.69) is 36.4 Å². The van der Waals surface area contributed by atoms with E-state index in [1.807, 2.05) is 0 Å². The van der Waals surface area contributed by atoms with E-state index >= 15 is 0 Å². The summed E-state index contributed by atoms with van der Waals surface area (Å²) in [5.41, 5.74) is 0.771. The summed E-state index contributed by atoms with van der Waals surface area (Å²) >= 11 is 3.23. The van der Waals surface area contributed by atoms with Crippen molar-refractivity contribution in [1.29, 1.82) is 0 Å². The highest BCUT2D eigenvalue weighted by Crippen LogP contribution is 2.23. The Bertz CT molecular complexity index is 558. The van der Waals surface area contributed by atoms with Crippen LogP contribution in [-0.4, -0.2) is 26.6 Å². The molecule has 2 aromatic rings. The lowest BCUT2D eigenvalue weighted by molar-refractivity contribution is -0.385. The molecule has 0 aliphatic carbocycles. The smallest absolute Gasteiger partial charge is 0.275 e. The van der Waals surface area contributed by atoms with E-state index in [-0.39, 0.29) is 10.6 Å². The molecular weight excluding hydrogens is 314 g/mol. The Labute approximate surface area is 117 Å². The molecule has 2 N–H and O–H groups in total. The van der Waals surface area contributed by atoms with Gasteiger partial charge in [0.05, 0.1) is 4.92 Å². The summed E-state index contributed by atoms with van der Waals surface area (Å²) in [6, 6.07) is 5.04. The van der Waals surface area contributed by atoms with Crippen molar-refractivity contribution in [2.75, 3.05) is 6.54 Å². The largest absolute Gasteiger partial charge is 0.312 e. The molecular formula is C11H12BrN5O2. The number of benzene rings is 1. The number of nitrogens with one attached hydrogen (secondary N) is 2. The third kappa shape index (κ3) is 3.83. The molecule has 19 heavy (non-hydrogen) atoms. The van der Waals surface area contributed by atoms with E-state index in [1.54, 1.807) is 12.1 Å². The molecule has 0 aliphatic heterocycles. The molecule has 0 amide bonds. The van der Waals surface area contributed by atoms with Gasteiger partial charge < -0.3 is 5.32 Å². The summed E-state index contributed by atoms with van der Waals surface area (Å²) in [5, 5.41) is 20.6. The Hall–Kier alpha value is -1.80. The molecule has 7 nitrogen and oxygen atoms in total. The second kappa shape index (κ2) is 6.39. The van der Waals surface area contributed by atoms with Gasteiger partial charge in [-0.25, -0.2) is 4.98 Å². The second-order valence-corrected chi connectivity index (χ2v) is 4.80. The van der Waals surface area contributed by atoms with Crippen LogP contribution in [0.15, 0.2) is 29.0 Å². The fraction of sp³-hybridized carbons (Fsp3) is 0.273. The molecule has 0 saturated carbocycles. The average molecular weight is 326 g/mol. The highest BCUT2D eigenvalue weighted by Gasteiger charge is 2.13. The quantitative estimate of drug-likeness (QED) is 0.479. The third-order valence-electron chi connectivity index (χ3n) is 2.56. The van der Waals surface area contributed by atoms with E-state index in [4.69, 9.17) is 0 Å². The van der Waals surface area contributed by atoms with E-state index in [0.29, 0.717) is 29.5 Å². The lowest BCUT2D eigenvalue weighted by atomic mass is 10.2. The standard InChI is InChI=1S/C11H12BrN5O2/c12-9-2-1-8(10(5-9)17(18)19)6-13-4-3-11-14-7-15-16-11/h1-2,5,7,13H,3-4,6H2,(H,14,15,16). The minimum Gasteiger partial charge on any atom is -0.312 e. The van der Waals surface area contributed by atoms with Crippen LogP contribution in [0.3, 0.4) is 0 Å². The van der Waals surface area contributed by atoms with Crippen molar-refractivity contribution >= 4 is 21.6 Å². The molecule has 0 atom stereocenters. The maximum absolute atomic E-state index is 10.9. The first-order chi connectivity index (χ1) is 9.16. The van der Waals surface area contributed by atoms with E-state index in [1.165, 1.54) is 12.4 Å². The molecule has 0 saturated heterocycles. The predicted octanol–water partition coefficient (Wildman–Crippen LogP) is 1.81. The van der Waals surface area contributed by atoms with Crippen molar-refractivity contribution in [1.82, 2.24) is 20.5 Å². The molecule has 0 spiro atoms. The monoisotopic (exact) mass is 325 g/mol. The highest BCUT2D eigenvalue weighted by atomic mass is 79.9. The Kier molecular flexibility index (Phi) is 4.58. The van der Waals surface area contributed by atoms with Crippen LogP contribution in [-0.2, 0) is 13.0 Å². The number of aromatic nitrogens is 3. The van der Waals surface area contributed by atoms with Gasteiger partial charge in [-0.3, -0.25) is 15.2 Å². The number of halogens is 1. The molecule has 100 valence electrons. The number of nitrogens with zero attached hydrogens (tertiary/aromatic N) is 3.